The second-order valence-electron chi connectivity index (χ2n) is 6.13. The van der Waals surface area contributed by atoms with E-state index in [0.29, 0.717) is 35.6 Å². The third kappa shape index (κ3) is 4.58. The standard InChI is InChI=1S/C19H26N4O4/c1-5-10-23-12(3)15(17(24)27-4)16(22-19(23)26)13-8-7-9-14(11-13)21-18(25)20-6-2/h7-9,11,16H,5-6,10H2,1-4H3,(H,22,26)(H2,20,21,25)/t16-/m0/s1. The summed E-state index contributed by atoms with van der Waals surface area (Å²) in [6.07, 6.45) is 0.760. The molecule has 146 valence electrons. The Morgan fingerprint density at radius 3 is 2.67 bits per heavy atom. The van der Waals surface area contributed by atoms with Gasteiger partial charge in [0.1, 0.15) is 0 Å². The van der Waals surface area contributed by atoms with Crippen molar-refractivity contribution in [2.75, 3.05) is 25.5 Å². The van der Waals surface area contributed by atoms with Crippen molar-refractivity contribution in [1.82, 2.24) is 15.5 Å². The maximum absolute atomic E-state index is 12.5. The zero-order valence-electron chi connectivity index (χ0n) is 16.1. The first-order chi connectivity index (χ1) is 12.9. The molecule has 1 atom stereocenters. The van der Waals surface area contributed by atoms with E-state index in [4.69, 9.17) is 4.74 Å². The molecule has 8 heteroatoms. The number of esters is 1. The number of benzene rings is 1. The van der Waals surface area contributed by atoms with Crippen LogP contribution < -0.4 is 16.0 Å². The number of urea groups is 2. The lowest BCUT2D eigenvalue weighted by Crippen LogP contribution is -2.48. The van der Waals surface area contributed by atoms with Crippen LogP contribution in [0.4, 0.5) is 15.3 Å². The summed E-state index contributed by atoms with van der Waals surface area (Å²) in [6, 6.07) is 5.76. The van der Waals surface area contributed by atoms with Crippen molar-refractivity contribution < 1.29 is 19.1 Å². The largest absolute Gasteiger partial charge is 0.466 e. The summed E-state index contributed by atoms with van der Waals surface area (Å²) in [5.74, 6) is -0.499. The first-order valence-corrected chi connectivity index (χ1v) is 8.94. The minimum atomic E-state index is -0.658. The number of hydrogen-bond acceptors (Lipinski definition) is 4. The van der Waals surface area contributed by atoms with E-state index < -0.39 is 12.0 Å². The van der Waals surface area contributed by atoms with Crippen LogP contribution in [0.15, 0.2) is 35.5 Å². The minimum absolute atomic E-state index is 0.269. The molecule has 8 nitrogen and oxygen atoms in total. The highest BCUT2D eigenvalue weighted by molar-refractivity contribution is 5.95. The summed E-state index contributed by atoms with van der Waals surface area (Å²) in [6.45, 7) is 6.53. The highest BCUT2D eigenvalue weighted by atomic mass is 16.5. The van der Waals surface area contributed by atoms with Crippen LogP contribution in [0.3, 0.4) is 0 Å². The van der Waals surface area contributed by atoms with Crippen LogP contribution in [0.1, 0.15) is 38.8 Å². The Hall–Kier alpha value is -3.03. The normalized spacial score (nSPS) is 16.7. The number of ether oxygens (including phenoxy) is 1. The molecule has 0 aromatic heterocycles. The topological polar surface area (TPSA) is 99.8 Å². The van der Waals surface area contributed by atoms with Crippen LogP contribution in [-0.2, 0) is 9.53 Å². The highest BCUT2D eigenvalue weighted by Gasteiger charge is 2.35. The molecule has 1 heterocycles. The van der Waals surface area contributed by atoms with Crippen molar-refractivity contribution in [2.45, 2.75) is 33.2 Å². The molecule has 3 N–H and O–H groups in total. The molecule has 0 saturated heterocycles. The molecule has 0 aliphatic carbocycles. The summed E-state index contributed by atoms with van der Waals surface area (Å²) >= 11 is 0. The van der Waals surface area contributed by atoms with Crippen LogP contribution in [-0.4, -0.2) is 43.1 Å². The number of carbonyl (C=O) groups is 3. The van der Waals surface area contributed by atoms with Gasteiger partial charge in [-0.15, -0.1) is 0 Å². The van der Waals surface area contributed by atoms with Crippen molar-refractivity contribution >= 4 is 23.7 Å². The fraction of sp³-hybridized carbons (Fsp3) is 0.421. The minimum Gasteiger partial charge on any atom is -0.466 e. The lowest BCUT2D eigenvalue weighted by Gasteiger charge is -2.35. The number of nitrogens with one attached hydrogen (secondary N) is 3. The van der Waals surface area contributed by atoms with Crippen molar-refractivity contribution in [2.24, 2.45) is 0 Å². The van der Waals surface area contributed by atoms with Crippen LogP contribution in [0.25, 0.3) is 0 Å². The van der Waals surface area contributed by atoms with E-state index in [1.54, 1.807) is 36.1 Å². The van der Waals surface area contributed by atoms with Gasteiger partial charge in [0.2, 0.25) is 0 Å². The van der Waals surface area contributed by atoms with Crippen LogP contribution in [0.2, 0.25) is 0 Å². The van der Waals surface area contributed by atoms with Gasteiger partial charge >= 0.3 is 18.0 Å². The highest BCUT2D eigenvalue weighted by Crippen LogP contribution is 2.32. The van der Waals surface area contributed by atoms with Gasteiger partial charge in [0.15, 0.2) is 0 Å². The average Bonchev–Trinajstić information content (AvgIpc) is 2.64. The summed E-state index contributed by atoms with van der Waals surface area (Å²) in [5.41, 5.74) is 2.18. The van der Waals surface area contributed by atoms with Gasteiger partial charge in [0.25, 0.3) is 0 Å². The van der Waals surface area contributed by atoms with Gasteiger partial charge in [-0.05, 0) is 38.0 Å². The predicted molar refractivity (Wildman–Crippen MR) is 102 cm³/mol. The van der Waals surface area contributed by atoms with Gasteiger partial charge in [-0.2, -0.15) is 0 Å². The van der Waals surface area contributed by atoms with E-state index in [-0.39, 0.29) is 12.1 Å². The molecule has 1 aromatic rings. The second-order valence-corrected chi connectivity index (χ2v) is 6.13. The Morgan fingerprint density at radius 2 is 2.04 bits per heavy atom. The number of allylic oxidation sites excluding steroid dienone is 1. The molecule has 4 amide bonds. The van der Waals surface area contributed by atoms with Crippen molar-refractivity contribution in [3.05, 3.63) is 41.1 Å². The fourth-order valence-electron chi connectivity index (χ4n) is 3.03. The monoisotopic (exact) mass is 374 g/mol. The van der Waals surface area contributed by atoms with Gasteiger partial charge in [-0.1, -0.05) is 19.1 Å². The molecule has 0 fully saturated rings. The number of amides is 4. The van der Waals surface area contributed by atoms with Gasteiger partial charge in [-0.3, -0.25) is 4.90 Å². The van der Waals surface area contributed by atoms with Gasteiger partial charge < -0.3 is 20.7 Å². The van der Waals surface area contributed by atoms with Crippen LogP contribution >= 0.6 is 0 Å². The molecule has 0 spiro atoms. The second kappa shape index (κ2) is 9.07. The molecule has 27 heavy (non-hydrogen) atoms. The fourth-order valence-corrected chi connectivity index (χ4v) is 3.03. The third-order valence-electron chi connectivity index (χ3n) is 4.26. The van der Waals surface area contributed by atoms with Crippen LogP contribution in [0, 0.1) is 0 Å². The Labute approximate surface area is 158 Å². The lowest BCUT2D eigenvalue weighted by molar-refractivity contribution is -0.136. The molecule has 2 rings (SSSR count). The summed E-state index contributed by atoms with van der Waals surface area (Å²) in [5, 5.41) is 8.25. The summed E-state index contributed by atoms with van der Waals surface area (Å²) < 4.78 is 4.95. The zero-order chi connectivity index (χ0) is 20.0. The van der Waals surface area contributed by atoms with E-state index in [9.17, 15) is 14.4 Å². The molecule has 1 aliphatic rings. The Bertz CT molecular complexity index is 760. The van der Waals surface area contributed by atoms with Crippen molar-refractivity contribution in [3.63, 3.8) is 0 Å². The number of anilines is 1. The van der Waals surface area contributed by atoms with Crippen molar-refractivity contribution in [1.29, 1.82) is 0 Å². The quantitative estimate of drug-likeness (QED) is 0.667. The number of nitrogens with zero attached hydrogens (tertiary/aromatic N) is 1. The maximum atomic E-state index is 12.5. The number of hydrogen-bond donors (Lipinski definition) is 3. The summed E-state index contributed by atoms with van der Waals surface area (Å²) in [7, 11) is 1.31. The number of methoxy groups -OCH3 is 1. The molecule has 1 aromatic carbocycles. The van der Waals surface area contributed by atoms with E-state index in [1.807, 2.05) is 13.8 Å². The Morgan fingerprint density at radius 1 is 1.30 bits per heavy atom. The van der Waals surface area contributed by atoms with E-state index in [2.05, 4.69) is 16.0 Å². The maximum Gasteiger partial charge on any atom is 0.337 e. The number of rotatable bonds is 6. The lowest BCUT2D eigenvalue weighted by atomic mass is 9.94. The van der Waals surface area contributed by atoms with Crippen LogP contribution in [0.5, 0.6) is 0 Å². The van der Waals surface area contributed by atoms with E-state index >= 15 is 0 Å². The smallest absolute Gasteiger partial charge is 0.337 e. The zero-order valence-corrected chi connectivity index (χ0v) is 16.1. The van der Waals surface area contributed by atoms with Crippen molar-refractivity contribution in [3.8, 4) is 0 Å². The SMILES string of the molecule is CCCN1C(=O)N[C@@H](c2cccc(NC(=O)NCC)c2)C(C(=O)OC)=C1C. The first-order valence-electron chi connectivity index (χ1n) is 8.94. The molecule has 1 aliphatic heterocycles. The molecular weight excluding hydrogens is 348 g/mol. The molecule has 0 radical (unpaired) electrons. The molecular formula is C19H26N4O4. The summed E-state index contributed by atoms with van der Waals surface area (Å²) in [4.78, 5) is 38.3. The third-order valence-corrected chi connectivity index (χ3v) is 4.26. The predicted octanol–water partition coefficient (Wildman–Crippen LogP) is 2.75. The van der Waals surface area contributed by atoms with Gasteiger partial charge in [0.05, 0.1) is 18.7 Å². The van der Waals surface area contributed by atoms with Gasteiger partial charge in [0, 0.05) is 24.5 Å². The Balaban J connectivity index is 2.42. The molecule has 0 bridgehead atoms. The Kier molecular flexibility index (Phi) is 6.81. The van der Waals surface area contributed by atoms with E-state index in [0.717, 1.165) is 6.42 Å². The molecule has 0 saturated carbocycles. The molecule has 0 unspecified atom stereocenters. The average molecular weight is 374 g/mol. The first kappa shape index (κ1) is 20.3. The van der Waals surface area contributed by atoms with E-state index in [1.165, 1.54) is 7.11 Å². The van der Waals surface area contributed by atoms with Gasteiger partial charge in [-0.25, -0.2) is 14.4 Å². The number of carbonyl (C=O) groups excluding carboxylic acids is 3.